The van der Waals surface area contributed by atoms with E-state index < -0.39 is 0 Å². The third-order valence-electron chi connectivity index (χ3n) is 10.0. The molecule has 0 aromatic heterocycles. The van der Waals surface area contributed by atoms with Gasteiger partial charge in [0.1, 0.15) is 0 Å². The summed E-state index contributed by atoms with van der Waals surface area (Å²) in [5.41, 5.74) is 0.716. The van der Waals surface area contributed by atoms with Crippen LogP contribution in [0.15, 0.2) is 0 Å². The lowest BCUT2D eigenvalue weighted by Gasteiger charge is -2.61. The Morgan fingerprint density at radius 1 is 0.852 bits per heavy atom. The Bertz CT molecular complexity index is 544. The van der Waals surface area contributed by atoms with Crippen LogP contribution in [0.2, 0.25) is 0 Å². The number of ether oxygens (including phenoxy) is 2. The lowest BCUT2D eigenvalue weighted by atomic mass is 9.45. The van der Waals surface area contributed by atoms with E-state index in [0.717, 1.165) is 43.1 Å². The van der Waals surface area contributed by atoms with Crippen LogP contribution in [0.3, 0.4) is 0 Å². The van der Waals surface area contributed by atoms with E-state index in [1.54, 1.807) is 0 Å². The molecule has 0 bridgehead atoms. The Labute approximate surface area is 165 Å². The molecule has 5 rings (SSSR count). The molecule has 0 aromatic rings. The zero-order chi connectivity index (χ0) is 18.6. The van der Waals surface area contributed by atoms with E-state index in [-0.39, 0.29) is 17.8 Å². The van der Waals surface area contributed by atoms with Crippen molar-refractivity contribution < 1.29 is 14.6 Å². The maximum atomic E-state index is 10.6. The number of aliphatic hydroxyl groups is 1. The van der Waals surface area contributed by atoms with E-state index in [4.69, 9.17) is 9.47 Å². The fourth-order valence-corrected chi connectivity index (χ4v) is 8.35. The molecule has 3 heteroatoms. The van der Waals surface area contributed by atoms with E-state index in [0.29, 0.717) is 11.5 Å². The standard InChI is InChI=1S/C24H40O3/c1-23-12-10-17(27-22-5-3-4-14-26-22)15-16(23)6-7-18-19-8-9-21(25)24(19,2)13-11-20(18)23/h16-22,25H,3-15H2,1-2H3/t16-,17-,18+,19+,20+,21-,22+,23-,24-/m0/s1. The summed E-state index contributed by atoms with van der Waals surface area (Å²) >= 11 is 0. The molecule has 0 radical (unpaired) electrons. The summed E-state index contributed by atoms with van der Waals surface area (Å²) in [7, 11) is 0. The SMILES string of the molecule is C[C@]12CC[C@H](O[C@@H]3CCCCO3)C[C@@H]1CC[C@H]1[C@H]2CC[C@@]2(C)[C@@H]1CC[C@@H]2O. The first kappa shape index (κ1) is 18.9. The zero-order valence-corrected chi connectivity index (χ0v) is 17.5. The van der Waals surface area contributed by atoms with Crippen molar-refractivity contribution in [1.82, 2.24) is 0 Å². The molecule has 4 aliphatic carbocycles. The number of fused-ring (bicyclic) bond motifs is 5. The topological polar surface area (TPSA) is 38.7 Å². The first-order valence-corrected chi connectivity index (χ1v) is 12.0. The van der Waals surface area contributed by atoms with Gasteiger partial charge in [0.25, 0.3) is 0 Å². The van der Waals surface area contributed by atoms with Crippen LogP contribution < -0.4 is 0 Å². The van der Waals surface area contributed by atoms with Crippen LogP contribution in [0.1, 0.15) is 90.9 Å². The van der Waals surface area contributed by atoms with Gasteiger partial charge in [0.2, 0.25) is 0 Å². The first-order valence-electron chi connectivity index (χ1n) is 12.0. The molecule has 3 nitrogen and oxygen atoms in total. The third kappa shape index (κ3) is 3.02. The van der Waals surface area contributed by atoms with Crippen LogP contribution in [0.5, 0.6) is 0 Å². The molecule has 1 aliphatic heterocycles. The molecule has 154 valence electrons. The second-order valence-electron chi connectivity index (χ2n) is 11.1. The fourth-order valence-electron chi connectivity index (χ4n) is 8.35. The van der Waals surface area contributed by atoms with Gasteiger partial charge in [0.05, 0.1) is 12.2 Å². The summed E-state index contributed by atoms with van der Waals surface area (Å²) in [6.07, 6.45) is 15.5. The van der Waals surface area contributed by atoms with Gasteiger partial charge in [-0.3, -0.25) is 0 Å². The average molecular weight is 377 g/mol. The predicted molar refractivity (Wildman–Crippen MR) is 106 cm³/mol. The van der Waals surface area contributed by atoms with Crippen LogP contribution in [-0.2, 0) is 9.47 Å². The zero-order valence-electron chi connectivity index (χ0n) is 17.5. The third-order valence-corrected chi connectivity index (χ3v) is 10.0. The van der Waals surface area contributed by atoms with Crippen molar-refractivity contribution in [3.8, 4) is 0 Å². The highest BCUT2D eigenvalue weighted by atomic mass is 16.7. The minimum Gasteiger partial charge on any atom is -0.393 e. The smallest absolute Gasteiger partial charge is 0.157 e. The molecule has 9 atom stereocenters. The summed E-state index contributed by atoms with van der Waals surface area (Å²) < 4.78 is 12.3. The normalized spacial score (nSPS) is 55.4. The Balaban J connectivity index is 1.27. The minimum absolute atomic E-state index is 0.0476. The average Bonchev–Trinajstić information content (AvgIpc) is 2.98. The van der Waals surface area contributed by atoms with Crippen molar-refractivity contribution >= 4 is 0 Å². The maximum absolute atomic E-state index is 10.6. The second-order valence-corrected chi connectivity index (χ2v) is 11.1. The highest BCUT2D eigenvalue weighted by molar-refractivity contribution is 5.09. The molecule has 0 amide bonds. The molecule has 27 heavy (non-hydrogen) atoms. The van der Waals surface area contributed by atoms with Crippen LogP contribution in [0.25, 0.3) is 0 Å². The van der Waals surface area contributed by atoms with Gasteiger partial charge < -0.3 is 14.6 Å². The number of hydrogen-bond acceptors (Lipinski definition) is 3. The summed E-state index contributed by atoms with van der Waals surface area (Å²) in [6.45, 7) is 5.90. The van der Waals surface area contributed by atoms with Gasteiger partial charge in [-0.15, -0.1) is 0 Å². The van der Waals surface area contributed by atoms with Gasteiger partial charge in [0.15, 0.2) is 6.29 Å². The molecule has 0 unspecified atom stereocenters. The molecular weight excluding hydrogens is 336 g/mol. The monoisotopic (exact) mass is 376 g/mol. The van der Waals surface area contributed by atoms with Crippen LogP contribution >= 0.6 is 0 Å². The molecule has 0 aromatic carbocycles. The number of rotatable bonds is 2. The summed E-state index contributed by atoms with van der Waals surface area (Å²) in [6, 6.07) is 0. The lowest BCUT2D eigenvalue weighted by molar-refractivity contribution is -0.212. The van der Waals surface area contributed by atoms with Crippen LogP contribution in [-0.4, -0.2) is 30.2 Å². The van der Waals surface area contributed by atoms with Crippen molar-refractivity contribution in [2.75, 3.05) is 6.61 Å². The molecule has 5 fully saturated rings. The molecule has 1 heterocycles. The van der Waals surface area contributed by atoms with E-state index in [1.165, 1.54) is 64.2 Å². The van der Waals surface area contributed by atoms with Gasteiger partial charge in [-0.25, -0.2) is 0 Å². The number of aliphatic hydroxyl groups excluding tert-OH is 1. The van der Waals surface area contributed by atoms with Gasteiger partial charge >= 0.3 is 0 Å². The highest BCUT2D eigenvalue weighted by Crippen LogP contribution is 2.66. The first-order chi connectivity index (χ1) is 13.0. The van der Waals surface area contributed by atoms with E-state index in [9.17, 15) is 5.11 Å². The molecule has 1 N–H and O–H groups in total. The lowest BCUT2D eigenvalue weighted by Crippen LogP contribution is -2.54. The van der Waals surface area contributed by atoms with Crippen LogP contribution in [0, 0.1) is 34.5 Å². The van der Waals surface area contributed by atoms with Crippen molar-refractivity contribution in [2.24, 2.45) is 34.5 Å². The number of hydrogen-bond donors (Lipinski definition) is 1. The largest absolute Gasteiger partial charge is 0.393 e. The van der Waals surface area contributed by atoms with Crippen molar-refractivity contribution in [3.63, 3.8) is 0 Å². The summed E-state index contributed by atoms with van der Waals surface area (Å²) in [5, 5.41) is 10.6. The van der Waals surface area contributed by atoms with Gasteiger partial charge in [0, 0.05) is 6.61 Å². The molecule has 5 aliphatic rings. The molecule has 0 spiro atoms. The van der Waals surface area contributed by atoms with E-state index in [2.05, 4.69) is 13.8 Å². The van der Waals surface area contributed by atoms with Crippen LogP contribution in [0.4, 0.5) is 0 Å². The molecular formula is C24H40O3. The summed E-state index contributed by atoms with van der Waals surface area (Å²) in [4.78, 5) is 0. The second kappa shape index (κ2) is 6.99. The van der Waals surface area contributed by atoms with Crippen molar-refractivity contribution in [3.05, 3.63) is 0 Å². The Hall–Kier alpha value is -0.120. The Kier molecular flexibility index (Phi) is 4.89. The quantitative estimate of drug-likeness (QED) is 0.665. The Morgan fingerprint density at radius 3 is 2.48 bits per heavy atom. The Morgan fingerprint density at radius 2 is 1.67 bits per heavy atom. The minimum atomic E-state index is -0.0476. The predicted octanol–water partition coefficient (Wildman–Crippen LogP) is 5.30. The van der Waals surface area contributed by atoms with Gasteiger partial charge in [-0.2, -0.15) is 0 Å². The fraction of sp³-hybridized carbons (Fsp3) is 1.00. The van der Waals surface area contributed by atoms with Gasteiger partial charge in [-0.05, 0) is 112 Å². The van der Waals surface area contributed by atoms with E-state index >= 15 is 0 Å². The maximum Gasteiger partial charge on any atom is 0.157 e. The highest BCUT2D eigenvalue weighted by Gasteiger charge is 2.60. The summed E-state index contributed by atoms with van der Waals surface area (Å²) in [5.74, 6) is 3.35. The van der Waals surface area contributed by atoms with Crippen molar-refractivity contribution in [1.29, 1.82) is 0 Å². The van der Waals surface area contributed by atoms with E-state index in [1.807, 2.05) is 0 Å². The molecule has 4 saturated carbocycles. The van der Waals surface area contributed by atoms with Crippen molar-refractivity contribution in [2.45, 2.75) is 109 Å². The van der Waals surface area contributed by atoms with Gasteiger partial charge in [-0.1, -0.05) is 13.8 Å². The molecule has 1 saturated heterocycles.